The molecule has 3 amide bonds. The van der Waals surface area contributed by atoms with E-state index in [4.69, 9.17) is 0 Å². The molecule has 0 aliphatic carbocycles. The summed E-state index contributed by atoms with van der Waals surface area (Å²) in [5.74, 6) is -1.09. The average molecular weight is 695 g/mol. The third-order valence-electron chi connectivity index (χ3n) is 7.79. The number of aromatic nitrogens is 1. The summed E-state index contributed by atoms with van der Waals surface area (Å²) in [7, 11) is 0. The Bertz CT molecular complexity index is 2150. The Morgan fingerprint density at radius 2 is 1.46 bits per heavy atom. The summed E-state index contributed by atoms with van der Waals surface area (Å²) in [6, 6.07) is 41.3. The SMILES string of the molecule is Cc1ccc(-c2csc(NC(=O)C(Sc3cccc(NC(=O)/C(=C/c4ccccc4C)NC(=O)c4ccccc4)c3)c3ccccc3)n2)cc1. The molecule has 0 fully saturated rings. The average Bonchev–Trinajstić information content (AvgIpc) is 3.60. The number of carbonyl (C=O) groups excluding carboxylic acids is 3. The molecule has 0 aliphatic heterocycles. The fraction of sp³-hybridized carbons (Fsp3) is 0.0732. The van der Waals surface area contributed by atoms with E-state index in [1.807, 2.05) is 122 Å². The standard InChI is InChI=1S/C41H34N4O3S2/c1-27-20-22-29(23-21-27)36-26-49-41(44-36)45-40(48)37(30-13-5-3-6-14-30)50-34-19-11-18-33(25-34)42-39(47)35(24-32-17-10-9-12-28(32)2)43-38(46)31-15-7-4-8-16-31/h3-26,37H,1-2H3,(H,42,47)(H,43,46)(H,44,45,48)/b35-24-. The zero-order valence-electron chi connectivity index (χ0n) is 27.4. The monoisotopic (exact) mass is 694 g/mol. The van der Waals surface area contributed by atoms with Crippen molar-refractivity contribution in [1.29, 1.82) is 0 Å². The fourth-order valence-corrected chi connectivity index (χ4v) is 6.89. The van der Waals surface area contributed by atoms with Crippen molar-refractivity contribution in [1.82, 2.24) is 10.3 Å². The second-order valence-corrected chi connectivity index (χ2v) is 13.6. The predicted octanol–water partition coefficient (Wildman–Crippen LogP) is 9.31. The van der Waals surface area contributed by atoms with Crippen LogP contribution in [0.1, 0.15) is 37.9 Å². The first-order chi connectivity index (χ1) is 24.3. The molecule has 0 saturated carbocycles. The van der Waals surface area contributed by atoms with E-state index in [-0.39, 0.29) is 11.6 Å². The first kappa shape index (κ1) is 34.1. The fourth-order valence-electron chi connectivity index (χ4n) is 5.09. The molecule has 6 aromatic rings. The number of amides is 3. The van der Waals surface area contributed by atoms with E-state index in [1.165, 1.54) is 23.1 Å². The molecule has 0 aliphatic rings. The molecular formula is C41H34N4O3S2. The van der Waals surface area contributed by atoms with Gasteiger partial charge in [-0.3, -0.25) is 14.4 Å². The van der Waals surface area contributed by atoms with Crippen molar-refractivity contribution >= 4 is 57.7 Å². The van der Waals surface area contributed by atoms with Gasteiger partial charge < -0.3 is 16.0 Å². The molecule has 0 bridgehead atoms. The Balaban J connectivity index is 1.21. The molecule has 7 nitrogen and oxygen atoms in total. The number of rotatable bonds is 11. The maximum absolute atomic E-state index is 13.8. The first-order valence-corrected chi connectivity index (χ1v) is 17.7. The number of carbonyl (C=O) groups is 3. The number of anilines is 2. The van der Waals surface area contributed by atoms with Crippen LogP contribution in [0.5, 0.6) is 0 Å². The second-order valence-electron chi connectivity index (χ2n) is 11.5. The molecular weight excluding hydrogens is 661 g/mol. The Kier molecular flexibility index (Phi) is 11.0. The minimum atomic E-state index is -0.601. The van der Waals surface area contributed by atoms with Crippen LogP contribution in [0.4, 0.5) is 10.8 Å². The Morgan fingerprint density at radius 3 is 2.20 bits per heavy atom. The smallest absolute Gasteiger partial charge is 0.272 e. The van der Waals surface area contributed by atoms with Gasteiger partial charge in [0.1, 0.15) is 10.9 Å². The van der Waals surface area contributed by atoms with Gasteiger partial charge in [0.25, 0.3) is 11.8 Å². The predicted molar refractivity (Wildman–Crippen MR) is 204 cm³/mol. The molecule has 0 saturated heterocycles. The van der Waals surface area contributed by atoms with Gasteiger partial charge in [-0.1, -0.05) is 109 Å². The summed E-state index contributed by atoms with van der Waals surface area (Å²) in [4.78, 5) is 46.0. The van der Waals surface area contributed by atoms with Crippen LogP contribution in [-0.2, 0) is 9.59 Å². The number of aryl methyl sites for hydroxylation is 2. The highest BCUT2D eigenvalue weighted by Gasteiger charge is 2.24. The van der Waals surface area contributed by atoms with Crippen LogP contribution in [0.15, 0.2) is 149 Å². The van der Waals surface area contributed by atoms with Crippen LogP contribution < -0.4 is 16.0 Å². The first-order valence-electron chi connectivity index (χ1n) is 15.9. The quantitative estimate of drug-likeness (QED) is 0.0928. The van der Waals surface area contributed by atoms with E-state index in [9.17, 15) is 14.4 Å². The lowest BCUT2D eigenvalue weighted by Crippen LogP contribution is -2.30. The van der Waals surface area contributed by atoms with Gasteiger partial charge in [-0.2, -0.15) is 0 Å². The van der Waals surface area contributed by atoms with Crippen molar-refractivity contribution in [2.45, 2.75) is 24.0 Å². The molecule has 9 heteroatoms. The van der Waals surface area contributed by atoms with Crippen molar-refractivity contribution in [3.05, 3.63) is 172 Å². The van der Waals surface area contributed by atoms with E-state index in [0.717, 1.165) is 38.4 Å². The van der Waals surface area contributed by atoms with Crippen molar-refractivity contribution in [2.75, 3.05) is 10.6 Å². The van der Waals surface area contributed by atoms with Crippen LogP contribution in [0.3, 0.4) is 0 Å². The molecule has 5 aromatic carbocycles. The zero-order chi connectivity index (χ0) is 34.9. The molecule has 0 spiro atoms. The normalized spacial score (nSPS) is 11.8. The minimum Gasteiger partial charge on any atom is -0.321 e. The van der Waals surface area contributed by atoms with Gasteiger partial charge in [-0.15, -0.1) is 23.1 Å². The van der Waals surface area contributed by atoms with Crippen molar-refractivity contribution < 1.29 is 14.4 Å². The third kappa shape index (κ3) is 8.82. The van der Waals surface area contributed by atoms with E-state index < -0.39 is 17.1 Å². The van der Waals surface area contributed by atoms with Gasteiger partial charge in [-0.25, -0.2) is 4.98 Å². The molecule has 1 unspecified atom stereocenters. The highest BCUT2D eigenvalue weighted by Crippen LogP contribution is 2.38. The van der Waals surface area contributed by atoms with Gasteiger partial charge in [-0.05, 0) is 66.9 Å². The molecule has 248 valence electrons. The summed E-state index contributed by atoms with van der Waals surface area (Å²) in [5, 5.41) is 10.6. The number of hydrogen-bond donors (Lipinski definition) is 3. The highest BCUT2D eigenvalue weighted by molar-refractivity contribution is 8.00. The van der Waals surface area contributed by atoms with Crippen LogP contribution in [-0.4, -0.2) is 22.7 Å². The molecule has 50 heavy (non-hydrogen) atoms. The van der Waals surface area contributed by atoms with Crippen molar-refractivity contribution in [3.8, 4) is 11.3 Å². The molecule has 6 rings (SSSR count). The topological polar surface area (TPSA) is 100 Å². The second kappa shape index (κ2) is 16.1. The molecule has 3 N–H and O–H groups in total. The summed E-state index contributed by atoms with van der Waals surface area (Å²) < 4.78 is 0. The van der Waals surface area contributed by atoms with E-state index >= 15 is 0 Å². The van der Waals surface area contributed by atoms with Gasteiger partial charge >= 0.3 is 0 Å². The molecule has 1 heterocycles. The molecule has 1 aromatic heterocycles. The maximum Gasteiger partial charge on any atom is 0.272 e. The van der Waals surface area contributed by atoms with Crippen LogP contribution >= 0.6 is 23.1 Å². The summed E-state index contributed by atoms with van der Waals surface area (Å²) in [5.41, 5.74) is 6.58. The molecule has 1 atom stereocenters. The van der Waals surface area contributed by atoms with Gasteiger partial charge in [0.2, 0.25) is 5.91 Å². The molecule has 0 radical (unpaired) electrons. The zero-order valence-corrected chi connectivity index (χ0v) is 29.1. The largest absolute Gasteiger partial charge is 0.321 e. The van der Waals surface area contributed by atoms with Crippen LogP contribution in [0, 0.1) is 13.8 Å². The Morgan fingerprint density at radius 1 is 0.760 bits per heavy atom. The summed E-state index contributed by atoms with van der Waals surface area (Å²) >= 11 is 2.74. The van der Waals surface area contributed by atoms with Gasteiger partial charge in [0, 0.05) is 27.1 Å². The van der Waals surface area contributed by atoms with Gasteiger partial charge in [0.05, 0.1) is 5.69 Å². The number of thiazole rings is 1. The van der Waals surface area contributed by atoms with E-state index in [1.54, 1.807) is 36.4 Å². The number of thioether (sulfide) groups is 1. The lowest BCUT2D eigenvalue weighted by molar-refractivity contribution is -0.116. The number of benzene rings is 5. The lowest BCUT2D eigenvalue weighted by Gasteiger charge is -2.17. The number of hydrogen-bond acceptors (Lipinski definition) is 6. The van der Waals surface area contributed by atoms with E-state index in [0.29, 0.717) is 16.4 Å². The Hall–Kier alpha value is -5.77. The lowest BCUT2D eigenvalue weighted by atomic mass is 10.1. The van der Waals surface area contributed by atoms with Crippen molar-refractivity contribution in [2.24, 2.45) is 0 Å². The highest BCUT2D eigenvalue weighted by atomic mass is 32.2. The van der Waals surface area contributed by atoms with Crippen LogP contribution in [0.2, 0.25) is 0 Å². The summed E-state index contributed by atoms with van der Waals surface area (Å²) in [6.45, 7) is 3.98. The van der Waals surface area contributed by atoms with Crippen LogP contribution in [0.25, 0.3) is 17.3 Å². The Labute approximate surface area is 299 Å². The third-order valence-corrected chi connectivity index (χ3v) is 9.79. The van der Waals surface area contributed by atoms with E-state index in [2.05, 4.69) is 20.9 Å². The van der Waals surface area contributed by atoms with Crippen molar-refractivity contribution in [3.63, 3.8) is 0 Å². The van der Waals surface area contributed by atoms with Gasteiger partial charge in [0.15, 0.2) is 5.13 Å². The maximum atomic E-state index is 13.8. The number of nitrogens with one attached hydrogen (secondary N) is 3. The number of nitrogens with zero attached hydrogens (tertiary/aromatic N) is 1. The summed E-state index contributed by atoms with van der Waals surface area (Å²) in [6.07, 6.45) is 1.67. The minimum absolute atomic E-state index is 0.0983.